The lowest BCUT2D eigenvalue weighted by Gasteiger charge is -2.28. The van der Waals surface area contributed by atoms with E-state index in [9.17, 15) is 13.2 Å². The monoisotopic (exact) mass is 288 g/mol. The van der Waals surface area contributed by atoms with Crippen LogP contribution >= 0.6 is 0 Å². The molecule has 0 aromatic carbocycles. The zero-order chi connectivity index (χ0) is 14.0. The third-order valence-electron chi connectivity index (χ3n) is 4.35. The molecule has 110 valence electrons. The Morgan fingerprint density at radius 1 is 1.37 bits per heavy atom. The summed E-state index contributed by atoms with van der Waals surface area (Å²) >= 11 is 0. The molecule has 0 radical (unpaired) electrons. The number of amides is 1. The Morgan fingerprint density at radius 2 is 2.11 bits per heavy atom. The van der Waals surface area contributed by atoms with Crippen LogP contribution in [0.4, 0.5) is 0 Å². The number of sulfone groups is 1. The molecule has 2 fully saturated rings. The predicted octanol–water partition coefficient (Wildman–Crippen LogP) is 0.268. The van der Waals surface area contributed by atoms with E-state index in [4.69, 9.17) is 0 Å². The molecule has 6 heteroatoms. The standard InChI is InChI=1S/C13H24N2O3S/c1-10-4-3-6-15(13(16)12(10)14-2)8-11-5-7-19(17,18)9-11/h10-12,14H,3-9H2,1-2H3. The predicted molar refractivity (Wildman–Crippen MR) is 74.6 cm³/mol. The molecule has 1 N–H and O–H groups in total. The molecule has 3 atom stereocenters. The fourth-order valence-corrected chi connectivity index (χ4v) is 5.09. The normalized spacial score (nSPS) is 35.4. The zero-order valence-electron chi connectivity index (χ0n) is 11.8. The summed E-state index contributed by atoms with van der Waals surface area (Å²) in [6.45, 7) is 3.46. The Bertz CT molecular complexity index is 435. The van der Waals surface area contributed by atoms with Crippen molar-refractivity contribution in [1.29, 1.82) is 0 Å². The second kappa shape index (κ2) is 5.79. The zero-order valence-corrected chi connectivity index (χ0v) is 12.6. The first-order chi connectivity index (χ1) is 8.93. The van der Waals surface area contributed by atoms with Crippen LogP contribution in [0, 0.1) is 11.8 Å². The number of likely N-dealkylation sites (tertiary alicyclic amines) is 1. The molecule has 3 unspecified atom stereocenters. The third-order valence-corrected chi connectivity index (χ3v) is 6.19. The Hall–Kier alpha value is -0.620. The first-order valence-electron chi connectivity index (χ1n) is 7.09. The topological polar surface area (TPSA) is 66.5 Å². The van der Waals surface area contributed by atoms with Crippen molar-refractivity contribution in [3.05, 3.63) is 0 Å². The Kier molecular flexibility index (Phi) is 4.50. The molecule has 2 saturated heterocycles. The molecule has 2 aliphatic rings. The maximum atomic E-state index is 12.5. The quantitative estimate of drug-likeness (QED) is 0.809. The molecule has 0 spiro atoms. The summed E-state index contributed by atoms with van der Waals surface area (Å²) in [4.78, 5) is 14.3. The van der Waals surface area contributed by atoms with Gasteiger partial charge in [0.15, 0.2) is 9.84 Å². The first-order valence-corrected chi connectivity index (χ1v) is 8.91. The molecule has 0 bridgehead atoms. The fourth-order valence-electron chi connectivity index (χ4n) is 3.24. The highest BCUT2D eigenvalue weighted by molar-refractivity contribution is 7.91. The van der Waals surface area contributed by atoms with Gasteiger partial charge in [-0.05, 0) is 38.1 Å². The lowest BCUT2D eigenvalue weighted by atomic mass is 9.98. The summed E-state index contributed by atoms with van der Waals surface area (Å²) in [5.74, 6) is 1.13. The highest BCUT2D eigenvalue weighted by Gasteiger charge is 2.34. The Balaban J connectivity index is 2.01. The maximum Gasteiger partial charge on any atom is 0.239 e. The highest BCUT2D eigenvalue weighted by atomic mass is 32.2. The van der Waals surface area contributed by atoms with Gasteiger partial charge in [-0.3, -0.25) is 4.79 Å². The van der Waals surface area contributed by atoms with E-state index in [1.54, 1.807) is 0 Å². The van der Waals surface area contributed by atoms with Crippen molar-refractivity contribution in [2.24, 2.45) is 11.8 Å². The molecule has 0 aliphatic carbocycles. The van der Waals surface area contributed by atoms with Crippen LogP contribution in [-0.2, 0) is 14.6 Å². The van der Waals surface area contributed by atoms with Gasteiger partial charge in [0.05, 0.1) is 17.5 Å². The van der Waals surface area contributed by atoms with E-state index < -0.39 is 9.84 Å². The molecule has 2 heterocycles. The van der Waals surface area contributed by atoms with Gasteiger partial charge in [0, 0.05) is 13.1 Å². The van der Waals surface area contributed by atoms with Crippen molar-refractivity contribution in [1.82, 2.24) is 10.2 Å². The molecule has 2 rings (SSSR count). The van der Waals surface area contributed by atoms with Gasteiger partial charge >= 0.3 is 0 Å². The summed E-state index contributed by atoms with van der Waals surface area (Å²) in [7, 11) is -1.03. The first kappa shape index (κ1) is 14.8. The molecule has 19 heavy (non-hydrogen) atoms. The average Bonchev–Trinajstić information content (AvgIpc) is 2.61. The van der Waals surface area contributed by atoms with Crippen LogP contribution in [0.5, 0.6) is 0 Å². The average molecular weight is 288 g/mol. The number of nitrogens with zero attached hydrogens (tertiary/aromatic N) is 1. The lowest BCUT2D eigenvalue weighted by Crippen LogP contribution is -2.48. The van der Waals surface area contributed by atoms with E-state index in [0.29, 0.717) is 18.9 Å². The molecular formula is C13H24N2O3S. The minimum absolute atomic E-state index is 0.125. The number of rotatable bonds is 3. The van der Waals surface area contributed by atoms with Crippen molar-refractivity contribution in [2.45, 2.75) is 32.2 Å². The molecule has 1 amide bonds. The summed E-state index contributed by atoms with van der Waals surface area (Å²) in [6.07, 6.45) is 2.74. The summed E-state index contributed by atoms with van der Waals surface area (Å²) in [5, 5.41) is 3.11. The largest absolute Gasteiger partial charge is 0.341 e. The summed E-state index contributed by atoms with van der Waals surface area (Å²) < 4.78 is 23.0. The van der Waals surface area contributed by atoms with Gasteiger partial charge in [0.2, 0.25) is 5.91 Å². The third kappa shape index (κ3) is 3.48. The number of nitrogens with one attached hydrogen (secondary N) is 1. The number of hydrogen-bond acceptors (Lipinski definition) is 4. The van der Waals surface area contributed by atoms with Crippen molar-refractivity contribution >= 4 is 15.7 Å². The number of likely N-dealkylation sites (N-methyl/N-ethyl adjacent to an activating group) is 1. The summed E-state index contributed by atoms with van der Waals surface area (Å²) in [6, 6.07) is -0.125. The van der Waals surface area contributed by atoms with E-state index in [1.807, 2.05) is 11.9 Å². The van der Waals surface area contributed by atoms with E-state index in [1.165, 1.54) is 0 Å². The molecular weight excluding hydrogens is 264 g/mol. The van der Waals surface area contributed by atoms with Crippen LogP contribution in [0.1, 0.15) is 26.2 Å². The molecule has 5 nitrogen and oxygen atoms in total. The maximum absolute atomic E-state index is 12.5. The van der Waals surface area contributed by atoms with Gasteiger partial charge in [-0.2, -0.15) is 0 Å². The van der Waals surface area contributed by atoms with Gasteiger partial charge in [-0.25, -0.2) is 8.42 Å². The highest BCUT2D eigenvalue weighted by Crippen LogP contribution is 2.23. The van der Waals surface area contributed by atoms with Gasteiger partial charge in [0.25, 0.3) is 0 Å². The number of hydrogen-bond donors (Lipinski definition) is 1. The fraction of sp³-hybridized carbons (Fsp3) is 0.923. The van der Waals surface area contributed by atoms with E-state index >= 15 is 0 Å². The minimum Gasteiger partial charge on any atom is -0.341 e. The van der Waals surface area contributed by atoms with Gasteiger partial charge in [0.1, 0.15) is 0 Å². The second-order valence-electron chi connectivity index (χ2n) is 5.94. The minimum atomic E-state index is -2.86. The molecule has 0 saturated carbocycles. The van der Waals surface area contributed by atoms with Crippen LogP contribution < -0.4 is 5.32 Å². The van der Waals surface area contributed by atoms with Crippen LogP contribution in [0.25, 0.3) is 0 Å². The van der Waals surface area contributed by atoms with E-state index in [2.05, 4.69) is 12.2 Å². The number of carbonyl (C=O) groups is 1. The van der Waals surface area contributed by atoms with Crippen molar-refractivity contribution in [3.63, 3.8) is 0 Å². The lowest BCUT2D eigenvalue weighted by molar-refractivity contribution is -0.134. The Labute approximate surface area is 115 Å². The van der Waals surface area contributed by atoms with Gasteiger partial charge < -0.3 is 10.2 Å². The summed E-state index contributed by atoms with van der Waals surface area (Å²) in [5.41, 5.74) is 0. The van der Waals surface area contributed by atoms with E-state index in [0.717, 1.165) is 19.4 Å². The van der Waals surface area contributed by atoms with Crippen molar-refractivity contribution in [3.8, 4) is 0 Å². The molecule has 2 aliphatic heterocycles. The SMILES string of the molecule is CNC1C(=O)N(CC2CCS(=O)(=O)C2)CCCC1C. The van der Waals surface area contributed by atoms with Crippen LogP contribution in [0.3, 0.4) is 0 Å². The van der Waals surface area contributed by atoms with Crippen LogP contribution in [0.2, 0.25) is 0 Å². The Morgan fingerprint density at radius 3 is 2.68 bits per heavy atom. The number of carbonyl (C=O) groups excluding carboxylic acids is 1. The van der Waals surface area contributed by atoms with Gasteiger partial charge in [-0.1, -0.05) is 6.92 Å². The second-order valence-corrected chi connectivity index (χ2v) is 8.17. The van der Waals surface area contributed by atoms with Gasteiger partial charge in [-0.15, -0.1) is 0 Å². The molecule has 0 aromatic heterocycles. The smallest absolute Gasteiger partial charge is 0.239 e. The van der Waals surface area contributed by atoms with Crippen molar-refractivity contribution < 1.29 is 13.2 Å². The van der Waals surface area contributed by atoms with Crippen molar-refractivity contribution in [2.75, 3.05) is 31.6 Å². The van der Waals surface area contributed by atoms with Crippen LogP contribution in [0.15, 0.2) is 0 Å². The van der Waals surface area contributed by atoms with E-state index in [-0.39, 0.29) is 29.4 Å². The molecule has 0 aromatic rings. The van der Waals surface area contributed by atoms with Crippen LogP contribution in [-0.4, -0.2) is 56.9 Å².